The van der Waals surface area contributed by atoms with Gasteiger partial charge in [0.15, 0.2) is 11.6 Å². The van der Waals surface area contributed by atoms with E-state index < -0.39 is 40.4 Å². The lowest BCUT2D eigenvalue weighted by Crippen LogP contribution is -2.43. The van der Waals surface area contributed by atoms with Crippen LogP contribution in [0.5, 0.6) is 0 Å². The van der Waals surface area contributed by atoms with Crippen LogP contribution < -0.4 is 5.32 Å². The highest BCUT2D eigenvalue weighted by Crippen LogP contribution is 2.13. The van der Waals surface area contributed by atoms with Crippen molar-refractivity contribution < 1.29 is 27.7 Å². The van der Waals surface area contributed by atoms with Crippen molar-refractivity contribution in [2.75, 3.05) is 5.75 Å². The van der Waals surface area contributed by atoms with Gasteiger partial charge in [-0.2, -0.15) is 0 Å². The number of halogens is 2. The largest absolute Gasteiger partial charge is 0.480 e. The normalized spacial score (nSPS) is 13.6. The van der Waals surface area contributed by atoms with E-state index in [0.717, 1.165) is 13.0 Å². The first kappa shape index (κ1) is 16.2. The average molecular weight is 305 g/mol. The van der Waals surface area contributed by atoms with Crippen LogP contribution in [0.2, 0.25) is 0 Å². The van der Waals surface area contributed by atoms with E-state index >= 15 is 0 Å². The topological polar surface area (TPSA) is 83.5 Å². The lowest BCUT2D eigenvalue weighted by molar-refractivity contribution is -0.140. The second kappa shape index (κ2) is 7.09. The van der Waals surface area contributed by atoms with Gasteiger partial charge in [-0.05, 0) is 6.07 Å². The van der Waals surface area contributed by atoms with Gasteiger partial charge in [0.05, 0.1) is 11.5 Å². The van der Waals surface area contributed by atoms with Crippen LogP contribution in [0, 0.1) is 11.6 Å². The maximum Gasteiger partial charge on any atom is 0.327 e. The highest BCUT2D eigenvalue weighted by molar-refractivity contribution is 7.84. The van der Waals surface area contributed by atoms with Crippen LogP contribution >= 0.6 is 0 Å². The van der Waals surface area contributed by atoms with Gasteiger partial charge in [0.1, 0.15) is 6.04 Å². The number of aliphatic carboxylic acids is 1. The first-order valence-electron chi connectivity index (χ1n) is 5.59. The van der Waals surface area contributed by atoms with Crippen LogP contribution in [0.4, 0.5) is 8.78 Å². The molecule has 0 bridgehead atoms. The molecule has 0 aromatic heterocycles. The predicted molar refractivity (Wildman–Crippen MR) is 68.3 cm³/mol. The first-order chi connectivity index (χ1) is 9.31. The molecule has 2 atom stereocenters. The third kappa shape index (κ3) is 4.69. The van der Waals surface area contributed by atoms with Gasteiger partial charge in [-0.15, -0.1) is 0 Å². The molecule has 0 aliphatic carbocycles. The van der Waals surface area contributed by atoms with Gasteiger partial charge in [0, 0.05) is 23.3 Å². The fraction of sp³-hybridized carbons (Fsp3) is 0.333. The van der Waals surface area contributed by atoms with Crippen molar-refractivity contribution in [3.05, 3.63) is 35.4 Å². The van der Waals surface area contributed by atoms with E-state index in [1.165, 1.54) is 12.1 Å². The Hall–Kier alpha value is -1.83. The number of carboxylic acids is 1. The monoisotopic (exact) mass is 305 g/mol. The maximum absolute atomic E-state index is 13.4. The number of hydrogen-bond donors (Lipinski definition) is 2. The van der Waals surface area contributed by atoms with Gasteiger partial charge in [-0.3, -0.25) is 9.00 Å². The highest BCUT2D eigenvalue weighted by atomic mass is 32.2. The zero-order valence-electron chi connectivity index (χ0n) is 10.6. The molecule has 2 unspecified atom stereocenters. The standard InChI is InChI=1S/C12H13F2NO4S/c1-7(16)15-10(12(17)18)6-20(19)5-8-3-2-4-9(13)11(8)14/h2-4,10H,5-6H2,1H3,(H,15,16)(H,17,18). The summed E-state index contributed by atoms with van der Waals surface area (Å²) in [6.07, 6.45) is 0. The number of amides is 1. The van der Waals surface area contributed by atoms with Crippen molar-refractivity contribution in [2.45, 2.75) is 18.7 Å². The van der Waals surface area contributed by atoms with E-state index in [1.54, 1.807) is 0 Å². The fourth-order valence-corrected chi connectivity index (χ4v) is 2.78. The molecular formula is C12H13F2NO4S. The molecule has 0 aliphatic rings. The third-order valence-corrected chi connectivity index (χ3v) is 3.71. The molecule has 2 N–H and O–H groups in total. The second-order valence-corrected chi connectivity index (χ2v) is 5.56. The maximum atomic E-state index is 13.4. The Labute approximate surface area is 116 Å². The summed E-state index contributed by atoms with van der Waals surface area (Å²) in [4.78, 5) is 21.7. The van der Waals surface area contributed by atoms with E-state index in [4.69, 9.17) is 5.11 Å². The van der Waals surface area contributed by atoms with Crippen molar-refractivity contribution in [1.82, 2.24) is 5.32 Å². The fourth-order valence-electron chi connectivity index (χ4n) is 1.50. The quantitative estimate of drug-likeness (QED) is 0.814. The summed E-state index contributed by atoms with van der Waals surface area (Å²) < 4.78 is 38.1. The smallest absolute Gasteiger partial charge is 0.327 e. The molecule has 0 spiro atoms. The average Bonchev–Trinajstić information content (AvgIpc) is 2.33. The van der Waals surface area contributed by atoms with E-state index in [2.05, 4.69) is 5.32 Å². The van der Waals surface area contributed by atoms with E-state index in [-0.39, 0.29) is 17.1 Å². The van der Waals surface area contributed by atoms with Crippen LogP contribution in [-0.2, 0) is 26.1 Å². The van der Waals surface area contributed by atoms with E-state index in [9.17, 15) is 22.6 Å². The Kier molecular flexibility index (Phi) is 5.75. The molecule has 110 valence electrons. The molecule has 8 heteroatoms. The number of rotatable bonds is 6. The molecule has 1 aromatic rings. The van der Waals surface area contributed by atoms with Gasteiger partial charge >= 0.3 is 5.97 Å². The van der Waals surface area contributed by atoms with Crippen molar-refractivity contribution in [2.24, 2.45) is 0 Å². The van der Waals surface area contributed by atoms with Crippen molar-refractivity contribution >= 4 is 22.7 Å². The summed E-state index contributed by atoms with van der Waals surface area (Å²) in [5, 5.41) is 11.0. The summed E-state index contributed by atoms with van der Waals surface area (Å²) in [6, 6.07) is 2.14. The van der Waals surface area contributed by atoms with Gasteiger partial charge in [-0.25, -0.2) is 13.6 Å². The van der Waals surface area contributed by atoms with Crippen LogP contribution in [0.3, 0.4) is 0 Å². The number of carboxylic acid groups (broad SMARTS) is 1. The molecule has 0 aliphatic heterocycles. The highest BCUT2D eigenvalue weighted by Gasteiger charge is 2.22. The van der Waals surface area contributed by atoms with Gasteiger partial charge in [-0.1, -0.05) is 12.1 Å². The Morgan fingerprint density at radius 3 is 2.60 bits per heavy atom. The SMILES string of the molecule is CC(=O)NC(CS(=O)Cc1cccc(F)c1F)C(=O)O. The van der Waals surface area contributed by atoms with Crippen molar-refractivity contribution in [1.29, 1.82) is 0 Å². The van der Waals surface area contributed by atoms with Crippen molar-refractivity contribution in [3.63, 3.8) is 0 Å². The molecule has 0 radical (unpaired) electrons. The molecule has 1 aromatic carbocycles. The number of carbonyl (C=O) groups excluding carboxylic acids is 1. The van der Waals surface area contributed by atoms with E-state index in [1.807, 2.05) is 0 Å². The molecule has 5 nitrogen and oxygen atoms in total. The number of nitrogens with one attached hydrogen (secondary N) is 1. The Morgan fingerprint density at radius 2 is 2.05 bits per heavy atom. The zero-order chi connectivity index (χ0) is 15.3. The van der Waals surface area contributed by atoms with Crippen LogP contribution in [-0.4, -0.2) is 33.0 Å². The zero-order valence-corrected chi connectivity index (χ0v) is 11.4. The van der Waals surface area contributed by atoms with Gasteiger partial charge in [0.2, 0.25) is 5.91 Å². The van der Waals surface area contributed by atoms with Crippen LogP contribution in [0.15, 0.2) is 18.2 Å². The minimum atomic E-state index is -1.76. The predicted octanol–water partition coefficient (Wildman–Crippen LogP) is 0.803. The minimum Gasteiger partial charge on any atom is -0.480 e. The molecular weight excluding hydrogens is 292 g/mol. The Bertz CT molecular complexity index is 550. The van der Waals surface area contributed by atoms with Crippen LogP contribution in [0.25, 0.3) is 0 Å². The summed E-state index contributed by atoms with van der Waals surface area (Å²) in [7, 11) is -1.76. The summed E-state index contributed by atoms with van der Waals surface area (Å²) >= 11 is 0. The molecule has 0 saturated heterocycles. The summed E-state index contributed by atoms with van der Waals surface area (Å²) in [5.74, 6) is -4.79. The molecule has 0 heterocycles. The molecule has 20 heavy (non-hydrogen) atoms. The Balaban J connectivity index is 2.73. The number of benzene rings is 1. The third-order valence-electron chi connectivity index (χ3n) is 2.38. The van der Waals surface area contributed by atoms with E-state index in [0.29, 0.717) is 0 Å². The molecule has 0 saturated carbocycles. The number of hydrogen-bond acceptors (Lipinski definition) is 3. The van der Waals surface area contributed by atoms with Gasteiger partial charge < -0.3 is 10.4 Å². The van der Waals surface area contributed by atoms with Crippen LogP contribution in [0.1, 0.15) is 12.5 Å². The summed E-state index contributed by atoms with van der Waals surface area (Å²) in [5.41, 5.74) is -0.102. The molecule has 1 rings (SSSR count). The summed E-state index contributed by atoms with van der Waals surface area (Å²) in [6.45, 7) is 1.13. The lowest BCUT2D eigenvalue weighted by atomic mass is 10.2. The lowest BCUT2D eigenvalue weighted by Gasteiger charge is -2.13. The second-order valence-electron chi connectivity index (χ2n) is 4.06. The minimum absolute atomic E-state index is 0.102. The van der Waals surface area contributed by atoms with Crippen molar-refractivity contribution in [3.8, 4) is 0 Å². The molecule has 1 amide bonds. The Morgan fingerprint density at radius 1 is 1.40 bits per heavy atom. The molecule has 0 fully saturated rings. The first-order valence-corrected chi connectivity index (χ1v) is 7.08. The van der Waals surface area contributed by atoms with Gasteiger partial charge in [0.25, 0.3) is 0 Å². The number of carbonyl (C=O) groups is 2.